The van der Waals surface area contributed by atoms with Gasteiger partial charge < -0.3 is 9.47 Å². The second kappa shape index (κ2) is 5.63. The normalized spacial score (nSPS) is 16.9. The van der Waals surface area contributed by atoms with Gasteiger partial charge in [-0.1, -0.05) is 6.07 Å². The number of fused-ring (bicyclic) bond motifs is 1. The number of aryl methyl sites for hydroxylation is 1. The van der Waals surface area contributed by atoms with Gasteiger partial charge in [0.2, 0.25) is 5.88 Å². The Kier molecular flexibility index (Phi) is 3.69. The Morgan fingerprint density at radius 2 is 2.25 bits per heavy atom. The molecule has 0 spiro atoms. The zero-order valence-corrected chi connectivity index (χ0v) is 12.2. The fourth-order valence-corrected chi connectivity index (χ4v) is 2.31. The molecule has 102 valence electrons. The van der Waals surface area contributed by atoms with Crippen LogP contribution in [0.15, 0.2) is 41.0 Å². The van der Waals surface area contributed by atoms with Crippen molar-refractivity contribution >= 4 is 22.2 Å². The minimum absolute atomic E-state index is 0.358. The van der Waals surface area contributed by atoms with Gasteiger partial charge in [-0.05, 0) is 46.5 Å². The van der Waals surface area contributed by atoms with E-state index in [-0.39, 0.29) is 6.10 Å². The Morgan fingerprint density at radius 1 is 1.35 bits per heavy atom. The second-order valence-electron chi connectivity index (χ2n) is 4.52. The number of ether oxygens (including phenoxy) is 2. The number of hydrogen-bond donors (Lipinski definition) is 0. The average Bonchev–Trinajstić information content (AvgIpc) is 2.49. The van der Waals surface area contributed by atoms with Gasteiger partial charge in [0.1, 0.15) is 11.5 Å². The minimum Gasteiger partial charge on any atom is -0.483 e. The highest BCUT2D eigenvalue weighted by molar-refractivity contribution is 9.10. The van der Waals surface area contributed by atoms with Crippen LogP contribution in [0.4, 0.5) is 0 Å². The molecule has 1 unspecified atom stereocenters. The Balaban J connectivity index is 1.81. The number of benzene rings is 1. The van der Waals surface area contributed by atoms with Crippen LogP contribution in [-0.4, -0.2) is 17.4 Å². The first-order chi connectivity index (χ1) is 9.74. The SMILES string of the molecule is O=CC1CCc2ccc(Oc3ccc(Br)cn3)cc2O1. The molecule has 20 heavy (non-hydrogen) atoms. The van der Waals surface area contributed by atoms with Gasteiger partial charge >= 0.3 is 0 Å². The van der Waals surface area contributed by atoms with Crippen LogP contribution in [-0.2, 0) is 11.2 Å². The van der Waals surface area contributed by atoms with Crippen LogP contribution in [0.1, 0.15) is 12.0 Å². The van der Waals surface area contributed by atoms with Crippen molar-refractivity contribution in [1.82, 2.24) is 4.98 Å². The second-order valence-corrected chi connectivity index (χ2v) is 5.43. The number of nitrogens with zero attached hydrogens (tertiary/aromatic N) is 1. The number of pyridine rings is 1. The maximum absolute atomic E-state index is 10.8. The lowest BCUT2D eigenvalue weighted by Crippen LogP contribution is -2.23. The molecule has 2 aromatic rings. The van der Waals surface area contributed by atoms with Crippen LogP contribution in [0.3, 0.4) is 0 Å². The Labute approximate surface area is 124 Å². The Morgan fingerprint density at radius 3 is 3.00 bits per heavy atom. The van der Waals surface area contributed by atoms with Crippen molar-refractivity contribution in [2.24, 2.45) is 0 Å². The summed E-state index contributed by atoms with van der Waals surface area (Å²) in [5.41, 5.74) is 1.10. The van der Waals surface area contributed by atoms with Crippen molar-refractivity contribution in [2.45, 2.75) is 18.9 Å². The molecule has 3 rings (SSSR count). The highest BCUT2D eigenvalue weighted by Gasteiger charge is 2.19. The molecule has 0 radical (unpaired) electrons. The van der Waals surface area contributed by atoms with Crippen molar-refractivity contribution in [2.75, 3.05) is 0 Å². The van der Waals surface area contributed by atoms with Gasteiger partial charge in [-0.15, -0.1) is 0 Å². The summed E-state index contributed by atoms with van der Waals surface area (Å²) in [6.07, 6.45) is 3.73. The Bertz CT molecular complexity index is 628. The highest BCUT2D eigenvalue weighted by Crippen LogP contribution is 2.32. The summed E-state index contributed by atoms with van der Waals surface area (Å²) in [6, 6.07) is 9.28. The molecule has 1 aliphatic rings. The van der Waals surface area contributed by atoms with E-state index < -0.39 is 0 Å². The maximum Gasteiger partial charge on any atom is 0.219 e. The fraction of sp³-hybridized carbons (Fsp3) is 0.200. The molecule has 0 bridgehead atoms. The molecule has 0 saturated carbocycles. The van der Waals surface area contributed by atoms with Crippen LogP contribution >= 0.6 is 15.9 Å². The predicted octanol–water partition coefficient (Wildman–Crippen LogP) is 3.53. The first-order valence-corrected chi connectivity index (χ1v) is 7.08. The summed E-state index contributed by atoms with van der Waals surface area (Å²) in [5.74, 6) is 1.86. The number of aromatic nitrogens is 1. The van der Waals surface area contributed by atoms with Gasteiger partial charge in [-0.3, -0.25) is 4.79 Å². The summed E-state index contributed by atoms with van der Waals surface area (Å²) in [4.78, 5) is 15.0. The van der Waals surface area contributed by atoms with Crippen molar-refractivity contribution in [1.29, 1.82) is 0 Å². The summed E-state index contributed by atoms with van der Waals surface area (Å²) in [7, 11) is 0. The predicted molar refractivity (Wildman–Crippen MR) is 77.3 cm³/mol. The van der Waals surface area contributed by atoms with E-state index in [0.717, 1.165) is 29.2 Å². The topological polar surface area (TPSA) is 48.4 Å². The molecule has 1 aromatic heterocycles. The molecule has 0 aliphatic carbocycles. The van der Waals surface area contributed by atoms with Crippen LogP contribution in [0, 0.1) is 0 Å². The van der Waals surface area contributed by atoms with Crippen molar-refractivity contribution in [3.8, 4) is 17.4 Å². The number of hydrogen-bond acceptors (Lipinski definition) is 4. The van der Waals surface area contributed by atoms with Crippen LogP contribution in [0.25, 0.3) is 0 Å². The molecular weight excluding hydrogens is 322 g/mol. The van der Waals surface area contributed by atoms with Gasteiger partial charge in [-0.2, -0.15) is 0 Å². The largest absolute Gasteiger partial charge is 0.483 e. The van der Waals surface area contributed by atoms with E-state index >= 15 is 0 Å². The number of aldehydes is 1. The zero-order valence-electron chi connectivity index (χ0n) is 10.6. The van der Waals surface area contributed by atoms with E-state index in [9.17, 15) is 4.79 Å². The van der Waals surface area contributed by atoms with Crippen molar-refractivity contribution in [3.63, 3.8) is 0 Å². The molecule has 4 nitrogen and oxygen atoms in total. The Hall–Kier alpha value is -1.88. The van der Waals surface area contributed by atoms with Gasteiger partial charge in [-0.25, -0.2) is 4.98 Å². The summed E-state index contributed by atoms with van der Waals surface area (Å²) in [5, 5.41) is 0. The lowest BCUT2D eigenvalue weighted by Gasteiger charge is -2.22. The molecule has 1 atom stereocenters. The third-order valence-corrected chi connectivity index (χ3v) is 3.56. The zero-order chi connectivity index (χ0) is 13.9. The average molecular weight is 334 g/mol. The first-order valence-electron chi connectivity index (χ1n) is 6.29. The lowest BCUT2D eigenvalue weighted by molar-refractivity contribution is -0.114. The van der Waals surface area contributed by atoms with E-state index in [1.807, 2.05) is 18.2 Å². The summed E-state index contributed by atoms with van der Waals surface area (Å²) >= 11 is 3.32. The smallest absolute Gasteiger partial charge is 0.219 e. The summed E-state index contributed by atoms with van der Waals surface area (Å²) < 4.78 is 12.2. The van der Waals surface area contributed by atoms with Gasteiger partial charge in [0.15, 0.2) is 12.4 Å². The molecule has 1 aromatic carbocycles. The van der Waals surface area contributed by atoms with Crippen LogP contribution < -0.4 is 9.47 Å². The fourth-order valence-electron chi connectivity index (χ4n) is 2.07. The highest BCUT2D eigenvalue weighted by atomic mass is 79.9. The van der Waals surface area contributed by atoms with Crippen LogP contribution in [0.5, 0.6) is 17.4 Å². The molecule has 0 N–H and O–H groups in total. The molecule has 0 amide bonds. The van der Waals surface area contributed by atoms with Gasteiger partial charge in [0, 0.05) is 22.8 Å². The lowest BCUT2D eigenvalue weighted by atomic mass is 10.0. The van der Waals surface area contributed by atoms with E-state index in [1.165, 1.54) is 0 Å². The van der Waals surface area contributed by atoms with Crippen molar-refractivity contribution < 1.29 is 14.3 Å². The standard InChI is InChI=1S/C15H12BrNO3/c16-11-3-6-15(17-8-11)20-12-4-1-10-2-5-13(9-18)19-14(10)7-12/h1,3-4,6-9,13H,2,5H2. The third-order valence-electron chi connectivity index (χ3n) is 3.09. The first kappa shape index (κ1) is 13.1. The molecule has 0 saturated heterocycles. The monoisotopic (exact) mass is 333 g/mol. The number of rotatable bonds is 3. The van der Waals surface area contributed by atoms with E-state index in [4.69, 9.17) is 9.47 Å². The quantitative estimate of drug-likeness (QED) is 0.806. The third kappa shape index (κ3) is 2.82. The molecule has 2 heterocycles. The van der Waals surface area contributed by atoms with Gasteiger partial charge in [0.05, 0.1) is 0 Å². The summed E-state index contributed by atoms with van der Waals surface area (Å²) in [6.45, 7) is 0. The molecule has 1 aliphatic heterocycles. The molecular formula is C15H12BrNO3. The number of carbonyl (C=O) groups excluding carboxylic acids is 1. The number of halogens is 1. The van der Waals surface area contributed by atoms with Gasteiger partial charge in [0.25, 0.3) is 0 Å². The minimum atomic E-state index is -0.358. The maximum atomic E-state index is 10.8. The van der Waals surface area contributed by atoms with E-state index in [1.54, 1.807) is 18.3 Å². The molecule has 0 fully saturated rings. The molecule has 5 heteroatoms. The van der Waals surface area contributed by atoms with E-state index in [0.29, 0.717) is 17.4 Å². The van der Waals surface area contributed by atoms with Crippen molar-refractivity contribution in [3.05, 3.63) is 46.6 Å². The number of carbonyl (C=O) groups is 1. The van der Waals surface area contributed by atoms with E-state index in [2.05, 4.69) is 20.9 Å². The van der Waals surface area contributed by atoms with Crippen LogP contribution in [0.2, 0.25) is 0 Å².